The second kappa shape index (κ2) is 9.03. The molecule has 0 radical (unpaired) electrons. The van der Waals surface area contributed by atoms with Crippen molar-refractivity contribution in [1.82, 2.24) is 9.21 Å². The summed E-state index contributed by atoms with van der Waals surface area (Å²) in [5.74, 6) is 0.333. The minimum Gasteiger partial charge on any atom is -0.493 e. The molecular formula is C21H27N3O5S. The molecule has 0 spiro atoms. The second-order valence-electron chi connectivity index (χ2n) is 7.18. The molecule has 2 aromatic rings. The summed E-state index contributed by atoms with van der Waals surface area (Å²) in [7, 11) is 1.27. The average Bonchev–Trinajstić information content (AvgIpc) is 2.74. The number of piperazine rings is 1. The Morgan fingerprint density at radius 3 is 2.37 bits per heavy atom. The molecule has 9 heteroatoms. The average molecular weight is 434 g/mol. The van der Waals surface area contributed by atoms with Gasteiger partial charge in [0.2, 0.25) is 10.0 Å². The lowest BCUT2D eigenvalue weighted by atomic mass is 10.1. The van der Waals surface area contributed by atoms with E-state index in [0.717, 1.165) is 0 Å². The Bertz CT molecular complexity index is 1030. The first-order chi connectivity index (χ1) is 14.3. The van der Waals surface area contributed by atoms with Crippen molar-refractivity contribution in [1.29, 1.82) is 0 Å². The Hall–Kier alpha value is -2.62. The number of amides is 1. The molecule has 0 bridgehead atoms. The Kier molecular flexibility index (Phi) is 6.64. The molecular weight excluding hydrogens is 406 g/mol. The number of carbonyl (C=O) groups excluding carboxylic acids is 1. The van der Waals surface area contributed by atoms with E-state index in [2.05, 4.69) is 10.2 Å². The number of para-hydroxylation sites is 1. The molecule has 1 aliphatic rings. The van der Waals surface area contributed by atoms with Gasteiger partial charge >= 0.3 is 0 Å². The maximum atomic E-state index is 13.2. The molecule has 0 atom stereocenters. The molecule has 1 heterocycles. The molecule has 30 heavy (non-hydrogen) atoms. The fourth-order valence-electron chi connectivity index (χ4n) is 3.39. The number of hydrogen-bond donors (Lipinski definition) is 1. The molecule has 1 saturated heterocycles. The number of nitrogens with one attached hydrogen (secondary N) is 1. The van der Waals surface area contributed by atoms with E-state index in [0.29, 0.717) is 54.5 Å². The minimum absolute atomic E-state index is 0.197. The number of methoxy groups -OCH3 is 2. The summed E-state index contributed by atoms with van der Waals surface area (Å²) in [6.45, 7) is 4.00. The maximum Gasteiger partial charge on any atom is 0.259 e. The molecule has 0 aliphatic carbocycles. The van der Waals surface area contributed by atoms with Gasteiger partial charge in [-0.15, -0.1) is 0 Å². The van der Waals surface area contributed by atoms with Crippen molar-refractivity contribution < 1.29 is 22.7 Å². The zero-order chi connectivity index (χ0) is 21.9. The Labute approximate surface area is 177 Å². The van der Waals surface area contributed by atoms with E-state index in [1.807, 2.05) is 7.05 Å². The van der Waals surface area contributed by atoms with E-state index in [-0.39, 0.29) is 4.90 Å². The molecule has 1 amide bonds. The largest absolute Gasteiger partial charge is 0.493 e. The van der Waals surface area contributed by atoms with Gasteiger partial charge in [-0.05, 0) is 43.8 Å². The van der Waals surface area contributed by atoms with E-state index in [4.69, 9.17) is 9.47 Å². The topological polar surface area (TPSA) is 88.2 Å². The van der Waals surface area contributed by atoms with Crippen LogP contribution in [0.3, 0.4) is 0 Å². The number of aryl methyl sites for hydroxylation is 1. The summed E-state index contributed by atoms with van der Waals surface area (Å²) in [6.07, 6.45) is 0. The lowest BCUT2D eigenvalue weighted by Gasteiger charge is -2.32. The van der Waals surface area contributed by atoms with Crippen LogP contribution in [-0.4, -0.2) is 71.0 Å². The first kappa shape index (κ1) is 22.1. The van der Waals surface area contributed by atoms with Gasteiger partial charge in [0.15, 0.2) is 11.5 Å². The normalized spacial score (nSPS) is 15.6. The van der Waals surface area contributed by atoms with Crippen LogP contribution in [0.25, 0.3) is 0 Å². The molecule has 3 rings (SSSR count). The monoisotopic (exact) mass is 433 g/mol. The van der Waals surface area contributed by atoms with E-state index >= 15 is 0 Å². The maximum absolute atomic E-state index is 13.2. The fraction of sp³-hybridized carbons (Fsp3) is 0.381. The predicted octanol–water partition coefficient (Wildman–Crippen LogP) is 2.20. The molecule has 1 fully saturated rings. The van der Waals surface area contributed by atoms with Gasteiger partial charge in [0.1, 0.15) is 0 Å². The van der Waals surface area contributed by atoms with Crippen molar-refractivity contribution in [2.75, 3.05) is 52.8 Å². The van der Waals surface area contributed by atoms with E-state index in [1.54, 1.807) is 37.3 Å². The highest BCUT2D eigenvalue weighted by Gasteiger charge is 2.29. The number of hydrogen-bond acceptors (Lipinski definition) is 6. The summed E-state index contributed by atoms with van der Waals surface area (Å²) in [6, 6.07) is 9.89. The van der Waals surface area contributed by atoms with Crippen molar-refractivity contribution in [3.8, 4) is 11.5 Å². The standard InChI is InChI=1S/C21H27N3O5S/c1-15-8-9-16(14-19(15)30(26,27)24-12-10-23(2)11-13-24)22-21(25)17-6-5-7-18(28-3)20(17)29-4/h5-9,14H,10-13H2,1-4H3,(H,22,25). The van der Waals surface area contributed by atoms with Crippen LogP contribution in [0.2, 0.25) is 0 Å². The van der Waals surface area contributed by atoms with E-state index in [9.17, 15) is 13.2 Å². The predicted molar refractivity (Wildman–Crippen MR) is 115 cm³/mol. The summed E-state index contributed by atoms with van der Waals surface area (Å²) in [5.41, 5.74) is 1.31. The van der Waals surface area contributed by atoms with E-state index in [1.165, 1.54) is 24.6 Å². The molecule has 0 saturated carbocycles. The number of ether oxygens (including phenoxy) is 2. The third kappa shape index (κ3) is 4.43. The molecule has 0 aromatic heterocycles. The zero-order valence-electron chi connectivity index (χ0n) is 17.6. The van der Waals surface area contributed by atoms with Crippen LogP contribution in [0, 0.1) is 6.92 Å². The number of sulfonamides is 1. The number of likely N-dealkylation sites (N-methyl/N-ethyl adjacent to an activating group) is 1. The summed E-state index contributed by atoms with van der Waals surface area (Å²) >= 11 is 0. The molecule has 1 N–H and O–H groups in total. The molecule has 0 unspecified atom stereocenters. The van der Waals surface area contributed by atoms with Crippen LogP contribution in [0.5, 0.6) is 11.5 Å². The second-order valence-corrected chi connectivity index (χ2v) is 9.09. The van der Waals surface area contributed by atoms with Crippen molar-refractivity contribution in [3.05, 3.63) is 47.5 Å². The van der Waals surface area contributed by atoms with Crippen LogP contribution in [0.4, 0.5) is 5.69 Å². The highest BCUT2D eigenvalue weighted by molar-refractivity contribution is 7.89. The third-order valence-corrected chi connectivity index (χ3v) is 7.21. The molecule has 2 aromatic carbocycles. The summed E-state index contributed by atoms with van der Waals surface area (Å²) in [5, 5.41) is 2.77. The summed E-state index contributed by atoms with van der Waals surface area (Å²) in [4.78, 5) is 15.1. The van der Waals surface area contributed by atoms with Crippen LogP contribution in [0.1, 0.15) is 15.9 Å². The lowest BCUT2D eigenvalue weighted by Crippen LogP contribution is -2.47. The Morgan fingerprint density at radius 1 is 1.03 bits per heavy atom. The number of carbonyl (C=O) groups is 1. The van der Waals surface area contributed by atoms with Gasteiger partial charge in [0, 0.05) is 31.9 Å². The lowest BCUT2D eigenvalue weighted by molar-refractivity contribution is 0.102. The number of benzene rings is 2. The first-order valence-electron chi connectivity index (χ1n) is 9.59. The minimum atomic E-state index is -3.65. The van der Waals surface area contributed by atoms with Crippen LogP contribution < -0.4 is 14.8 Å². The Morgan fingerprint density at radius 2 is 1.73 bits per heavy atom. The SMILES string of the molecule is COc1cccc(C(=O)Nc2ccc(C)c(S(=O)(=O)N3CCN(C)CC3)c2)c1OC. The number of nitrogens with zero attached hydrogens (tertiary/aromatic N) is 2. The van der Waals surface area contributed by atoms with Crippen molar-refractivity contribution in [2.24, 2.45) is 0 Å². The smallest absolute Gasteiger partial charge is 0.259 e. The van der Waals surface area contributed by atoms with E-state index < -0.39 is 15.9 Å². The number of rotatable bonds is 6. The molecule has 1 aliphatic heterocycles. The molecule has 162 valence electrons. The van der Waals surface area contributed by atoms with Gasteiger partial charge in [-0.1, -0.05) is 12.1 Å². The fourth-order valence-corrected chi connectivity index (χ4v) is 5.06. The number of anilines is 1. The first-order valence-corrected chi connectivity index (χ1v) is 11.0. The van der Waals surface area contributed by atoms with Gasteiger partial charge < -0.3 is 19.7 Å². The van der Waals surface area contributed by atoms with Gasteiger partial charge in [0.25, 0.3) is 5.91 Å². The molecule has 8 nitrogen and oxygen atoms in total. The van der Waals surface area contributed by atoms with Crippen molar-refractivity contribution in [2.45, 2.75) is 11.8 Å². The van der Waals surface area contributed by atoms with Gasteiger partial charge in [-0.2, -0.15) is 4.31 Å². The third-order valence-electron chi connectivity index (χ3n) is 5.17. The summed E-state index contributed by atoms with van der Waals surface area (Å²) < 4.78 is 38.4. The zero-order valence-corrected chi connectivity index (χ0v) is 18.5. The van der Waals surface area contributed by atoms with Crippen LogP contribution >= 0.6 is 0 Å². The Balaban J connectivity index is 1.88. The quantitative estimate of drug-likeness (QED) is 0.752. The van der Waals surface area contributed by atoms with Crippen LogP contribution in [-0.2, 0) is 10.0 Å². The highest BCUT2D eigenvalue weighted by atomic mass is 32.2. The van der Waals surface area contributed by atoms with Crippen molar-refractivity contribution >= 4 is 21.6 Å². The van der Waals surface area contributed by atoms with Crippen molar-refractivity contribution in [3.63, 3.8) is 0 Å². The van der Waals surface area contributed by atoms with Gasteiger partial charge in [0.05, 0.1) is 24.7 Å². The van der Waals surface area contributed by atoms with Gasteiger partial charge in [-0.25, -0.2) is 8.42 Å². The highest BCUT2D eigenvalue weighted by Crippen LogP contribution is 2.31. The van der Waals surface area contributed by atoms with Crippen LogP contribution in [0.15, 0.2) is 41.3 Å². The van der Waals surface area contributed by atoms with Gasteiger partial charge in [-0.3, -0.25) is 4.79 Å².